The van der Waals surface area contributed by atoms with E-state index in [1.54, 1.807) is 0 Å². The summed E-state index contributed by atoms with van der Waals surface area (Å²) in [5.41, 5.74) is 8.65. The van der Waals surface area contributed by atoms with E-state index in [1.165, 1.54) is 24.2 Å². The fourth-order valence-electron chi connectivity index (χ4n) is 3.62. The molecule has 1 aliphatic rings. The number of anilines is 1. The summed E-state index contributed by atoms with van der Waals surface area (Å²) in [4.78, 5) is 25.4. The van der Waals surface area contributed by atoms with E-state index in [-0.39, 0.29) is 5.91 Å². The van der Waals surface area contributed by atoms with Gasteiger partial charge in [0.25, 0.3) is 5.91 Å². The Bertz CT molecular complexity index is 1060. The van der Waals surface area contributed by atoms with Gasteiger partial charge in [-0.25, -0.2) is 9.97 Å². The summed E-state index contributed by atoms with van der Waals surface area (Å²) in [6, 6.07) is 8.15. The standard InChI is InChI=1S/C22H26IN5OS/c1-3-18-25-17(23)13-27(18)9-10-28(12-15-7-8-15)21(29)19-20(30-22(24)26-19)16-6-4-5-14(2)11-16/h4-6,11,13,15H,3,7-10,12H2,1-2H3,(H2,24,26). The number of nitrogen functional groups attached to an aromatic ring is 1. The molecule has 1 fully saturated rings. The van der Waals surface area contributed by atoms with E-state index in [0.717, 1.165) is 45.0 Å². The van der Waals surface area contributed by atoms with E-state index >= 15 is 0 Å². The molecule has 2 heterocycles. The maximum atomic E-state index is 13.6. The van der Waals surface area contributed by atoms with Crippen molar-refractivity contribution in [2.75, 3.05) is 18.8 Å². The summed E-state index contributed by atoms with van der Waals surface area (Å²) in [6.07, 6.45) is 5.31. The van der Waals surface area contributed by atoms with Crippen molar-refractivity contribution in [3.8, 4) is 10.4 Å². The zero-order chi connectivity index (χ0) is 21.3. The molecule has 2 N–H and O–H groups in total. The largest absolute Gasteiger partial charge is 0.375 e. The maximum absolute atomic E-state index is 13.6. The van der Waals surface area contributed by atoms with Crippen molar-refractivity contribution >= 4 is 45.0 Å². The Morgan fingerprint density at radius 1 is 1.37 bits per heavy atom. The number of halogens is 1. The van der Waals surface area contributed by atoms with Crippen LogP contribution in [0.4, 0.5) is 5.13 Å². The summed E-state index contributed by atoms with van der Waals surface area (Å²) in [5.74, 6) is 1.62. The molecule has 0 saturated heterocycles. The highest BCUT2D eigenvalue weighted by Gasteiger charge is 2.30. The second kappa shape index (κ2) is 9.05. The van der Waals surface area contributed by atoms with Gasteiger partial charge in [0.05, 0.1) is 4.88 Å². The number of aromatic nitrogens is 3. The highest BCUT2D eigenvalue weighted by atomic mass is 127. The van der Waals surface area contributed by atoms with Crippen LogP contribution in [0.1, 0.15) is 41.6 Å². The summed E-state index contributed by atoms with van der Waals surface area (Å²) in [6.45, 7) is 6.30. The van der Waals surface area contributed by atoms with Gasteiger partial charge in [-0.3, -0.25) is 4.79 Å². The second-order valence-electron chi connectivity index (χ2n) is 7.82. The van der Waals surface area contributed by atoms with E-state index in [0.29, 0.717) is 23.3 Å². The van der Waals surface area contributed by atoms with Crippen molar-refractivity contribution in [2.24, 2.45) is 5.92 Å². The Kier molecular flexibility index (Phi) is 6.43. The van der Waals surface area contributed by atoms with Gasteiger partial charge in [0.2, 0.25) is 0 Å². The number of benzene rings is 1. The van der Waals surface area contributed by atoms with E-state index in [1.807, 2.05) is 30.0 Å². The Morgan fingerprint density at radius 2 is 2.17 bits per heavy atom. The van der Waals surface area contributed by atoms with Crippen LogP contribution >= 0.6 is 33.9 Å². The lowest BCUT2D eigenvalue weighted by Gasteiger charge is -2.23. The number of imidazole rings is 1. The number of nitrogens with two attached hydrogens (primary N) is 1. The van der Waals surface area contributed by atoms with Gasteiger partial charge in [-0.2, -0.15) is 0 Å². The fraction of sp³-hybridized carbons (Fsp3) is 0.409. The monoisotopic (exact) mass is 535 g/mol. The van der Waals surface area contributed by atoms with Crippen LogP contribution in [-0.2, 0) is 13.0 Å². The van der Waals surface area contributed by atoms with Crippen LogP contribution < -0.4 is 5.73 Å². The van der Waals surface area contributed by atoms with Gasteiger partial charge in [-0.15, -0.1) is 0 Å². The third-order valence-electron chi connectivity index (χ3n) is 5.35. The predicted octanol–water partition coefficient (Wildman–Crippen LogP) is 4.62. The number of nitrogens with zero attached hydrogens (tertiary/aromatic N) is 4. The zero-order valence-electron chi connectivity index (χ0n) is 17.3. The molecule has 0 radical (unpaired) electrons. The Hall–Kier alpha value is -1.94. The van der Waals surface area contributed by atoms with Crippen molar-refractivity contribution in [3.05, 3.63) is 51.2 Å². The van der Waals surface area contributed by atoms with E-state index in [9.17, 15) is 4.79 Å². The topological polar surface area (TPSA) is 77.0 Å². The highest BCUT2D eigenvalue weighted by Crippen LogP contribution is 2.34. The number of thiazole rings is 1. The summed E-state index contributed by atoms with van der Waals surface area (Å²) in [5, 5.41) is 0.429. The van der Waals surface area contributed by atoms with Crippen LogP contribution in [0.25, 0.3) is 10.4 Å². The predicted molar refractivity (Wildman–Crippen MR) is 130 cm³/mol. The van der Waals surface area contributed by atoms with Gasteiger partial charge in [0, 0.05) is 32.3 Å². The smallest absolute Gasteiger partial charge is 0.274 e. The van der Waals surface area contributed by atoms with Gasteiger partial charge in [0.1, 0.15) is 15.2 Å². The van der Waals surface area contributed by atoms with Crippen molar-refractivity contribution < 1.29 is 4.79 Å². The molecule has 0 aliphatic heterocycles. The van der Waals surface area contributed by atoms with Crippen LogP contribution in [0.5, 0.6) is 0 Å². The zero-order valence-corrected chi connectivity index (χ0v) is 20.2. The lowest BCUT2D eigenvalue weighted by molar-refractivity contribution is 0.0737. The van der Waals surface area contributed by atoms with Crippen LogP contribution in [0, 0.1) is 16.5 Å². The minimum atomic E-state index is -0.0285. The van der Waals surface area contributed by atoms with Crippen molar-refractivity contribution in [1.29, 1.82) is 0 Å². The minimum Gasteiger partial charge on any atom is -0.375 e. The van der Waals surface area contributed by atoms with Gasteiger partial charge < -0.3 is 15.2 Å². The molecule has 0 bridgehead atoms. The number of carbonyl (C=O) groups excluding carboxylic acids is 1. The first-order chi connectivity index (χ1) is 14.4. The molecule has 1 amide bonds. The number of hydrogen-bond donors (Lipinski definition) is 1. The maximum Gasteiger partial charge on any atom is 0.274 e. The number of hydrogen-bond acceptors (Lipinski definition) is 5. The molecule has 158 valence electrons. The average molecular weight is 535 g/mol. The molecule has 0 unspecified atom stereocenters. The molecule has 3 aromatic rings. The van der Waals surface area contributed by atoms with E-state index < -0.39 is 0 Å². The highest BCUT2D eigenvalue weighted by molar-refractivity contribution is 14.1. The molecule has 1 aromatic carbocycles. The van der Waals surface area contributed by atoms with Crippen LogP contribution in [0.15, 0.2) is 30.5 Å². The Balaban J connectivity index is 1.59. The first-order valence-corrected chi connectivity index (χ1v) is 12.2. The number of carbonyl (C=O) groups is 1. The minimum absolute atomic E-state index is 0.0285. The molecular weight excluding hydrogens is 509 g/mol. The molecule has 1 aliphatic carbocycles. The van der Waals surface area contributed by atoms with Crippen molar-refractivity contribution in [3.63, 3.8) is 0 Å². The van der Waals surface area contributed by atoms with Gasteiger partial charge >= 0.3 is 0 Å². The number of amides is 1. The molecule has 0 spiro atoms. The normalized spacial score (nSPS) is 13.6. The van der Waals surface area contributed by atoms with Crippen molar-refractivity contribution in [2.45, 2.75) is 39.7 Å². The third kappa shape index (κ3) is 4.85. The third-order valence-corrected chi connectivity index (χ3v) is 6.80. The Labute approximate surface area is 194 Å². The summed E-state index contributed by atoms with van der Waals surface area (Å²) >= 11 is 3.62. The van der Waals surface area contributed by atoms with E-state index in [4.69, 9.17) is 5.73 Å². The Morgan fingerprint density at radius 3 is 2.87 bits per heavy atom. The van der Waals surface area contributed by atoms with Crippen LogP contribution in [0.2, 0.25) is 0 Å². The van der Waals surface area contributed by atoms with Crippen LogP contribution in [0.3, 0.4) is 0 Å². The number of aryl methyl sites for hydroxylation is 2. The molecule has 8 heteroatoms. The van der Waals surface area contributed by atoms with Crippen LogP contribution in [-0.4, -0.2) is 38.4 Å². The second-order valence-corrected chi connectivity index (χ2v) is 9.96. The first-order valence-electron chi connectivity index (χ1n) is 10.3. The van der Waals surface area contributed by atoms with Gasteiger partial charge in [-0.05, 0) is 53.8 Å². The quantitative estimate of drug-likeness (QED) is 0.428. The lowest BCUT2D eigenvalue weighted by Crippen LogP contribution is -2.36. The molecule has 2 aromatic heterocycles. The SMILES string of the molecule is CCc1nc(I)cn1CCN(CC1CC1)C(=O)c1nc(N)sc1-c1cccc(C)c1. The molecule has 1 saturated carbocycles. The molecular formula is C22H26IN5OS. The van der Waals surface area contributed by atoms with Gasteiger partial charge in [-0.1, -0.05) is 48.1 Å². The molecule has 6 nitrogen and oxygen atoms in total. The molecule has 4 rings (SSSR count). The average Bonchev–Trinajstić information content (AvgIpc) is 3.34. The molecule has 0 atom stereocenters. The van der Waals surface area contributed by atoms with Crippen molar-refractivity contribution in [1.82, 2.24) is 19.4 Å². The van der Waals surface area contributed by atoms with Gasteiger partial charge in [0.15, 0.2) is 5.13 Å². The number of rotatable bonds is 8. The lowest BCUT2D eigenvalue weighted by atomic mass is 10.1. The first kappa shape index (κ1) is 21.3. The summed E-state index contributed by atoms with van der Waals surface area (Å²) < 4.78 is 3.14. The fourth-order valence-corrected chi connectivity index (χ4v) is 5.06. The van der Waals surface area contributed by atoms with E-state index in [2.05, 4.69) is 56.3 Å². The molecule has 30 heavy (non-hydrogen) atoms. The summed E-state index contributed by atoms with van der Waals surface area (Å²) in [7, 11) is 0.